The van der Waals surface area contributed by atoms with Gasteiger partial charge in [0.05, 0.1) is 0 Å². The number of carbonyl (C=O) groups excluding carboxylic acids is 2. The summed E-state index contributed by atoms with van der Waals surface area (Å²) in [4.78, 5) is 39.0. The van der Waals surface area contributed by atoms with Crippen LogP contribution < -0.4 is 0 Å². The highest BCUT2D eigenvalue weighted by molar-refractivity contribution is 5.99. The molecule has 0 heterocycles. The van der Waals surface area contributed by atoms with Crippen LogP contribution in [-0.4, -0.2) is 50.9 Å². The van der Waals surface area contributed by atoms with Crippen molar-refractivity contribution in [1.82, 2.24) is 9.80 Å². The Labute approximate surface area is 149 Å². The summed E-state index contributed by atoms with van der Waals surface area (Å²) in [5.74, 6) is -1.80. The van der Waals surface area contributed by atoms with Crippen LogP contribution in [-0.2, 0) is 16.0 Å². The number of nitrogens with zero attached hydrogens (tertiary/aromatic N) is 2. The van der Waals surface area contributed by atoms with Gasteiger partial charge in [-0.2, -0.15) is 0 Å². The molecule has 0 fully saturated rings. The average Bonchev–Trinajstić information content (AvgIpc) is 2.54. The first kappa shape index (κ1) is 20.7. The molecule has 0 bridgehead atoms. The minimum atomic E-state index is -1.61. The second-order valence-corrected chi connectivity index (χ2v) is 6.69. The lowest BCUT2D eigenvalue weighted by Gasteiger charge is -2.38. The number of carboxylic acids is 1. The van der Waals surface area contributed by atoms with E-state index in [4.69, 9.17) is 0 Å². The molecule has 1 unspecified atom stereocenters. The van der Waals surface area contributed by atoms with Crippen molar-refractivity contribution in [3.8, 4) is 0 Å². The lowest BCUT2D eigenvalue weighted by atomic mass is 10.0. The Kier molecular flexibility index (Phi) is 7.15. The highest BCUT2D eigenvalue weighted by Gasteiger charge is 2.43. The number of imide groups is 1. The number of carbonyl (C=O) groups is 3. The molecular weight excluding hydrogens is 320 g/mol. The molecule has 1 atom stereocenters. The van der Waals surface area contributed by atoms with Gasteiger partial charge in [0.15, 0.2) is 0 Å². The maximum Gasteiger partial charge on any atom is 0.329 e. The molecule has 0 aliphatic rings. The minimum absolute atomic E-state index is 0.109. The molecule has 1 rings (SSSR count). The van der Waals surface area contributed by atoms with E-state index in [2.05, 4.69) is 0 Å². The van der Waals surface area contributed by atoms with E-state index < -0.39 is 23.4 Å². The molecule has 0 spiro atoms. The molecule has 1 N–H and O–H groups in total. The molecule has 0 saturated heterocycles. The number of hydrogen-bond acceptors (Lipinski definition) is 3. The van der Waals surface area contributed by atoms with Crippen LogP contribution in [0.3, 0.4) is 0 Å². The van der Waals surface area contributed by atoms with E-state index in [1.165, 1.54) is 20.8 Å². The first-order valence-corrected chi connectivity index (χ1v) is 8.51. The van der Waals surface area contributed by atoms with Crippen molar-refractivity contribution in [2.24, 2.45) is 0 Å². The molecule has 0 radical (unpaired) electrons. The average molecular weight is 348 g/mol. The Hall–Kier alpha value is -2.37. The third kappa shape index (κ3) is 5.05. The lowest BCUT2D eigenvalue weighted by Crippen LogP contribution is -2.60. The van der Waals surface area contributed by atoms with E-state index in [1.807, 2.05) is 44.2 Å². The van der Waals surface area contributed by atoms with Gasteiger partial charge in [0, 0.05) is 19.5 Å². The van der Waals surface area contributed by atoms with Crippen LogP contribution in [0.25, 0.3) is 0 Å². The van der Waals surface area contributed by atoms with Gasteiger partial charge in [-0.15, -0.1) is 0 Å². The Morgan fingerprint density at radius 2 is 1.72 bits per heavy atom. The van der Waals surface area contributed by atoms with E-state index in [0.29, 0.717) is 19.4 Å². The zero-order chi connectivity index (χ0) is 19.2. The Morgan fingerprint density at radius 1 is 1.16 bits per heavy atom. The monoisotopic (exact) mass is 348 g/mol. The molecular formula is C19H28N2O4. The highest BCUT2D eigenvalue weighted by atomic mass is 16.4. The second-order valence-electron chi connectivity index (χ2n) is 6.69. The second kappa shape index (κ2) is 8.65. The summed E-state index contributed by atoms with van der Waals surface area (Å²) in [6, 6.07) is 9.06. The summed E-state index contributed by atoms with van der Waals surface area (Å²) in [5, 5.41) is 9.43. The normalized spacial score (nSPS) is 12.4. The van der Waals surface area contributed by atoms with E-state index in [9.17, 15) is 19.5 Å². The van der Waals surface area contributed by atoms with Crippen LogP contribution in [0.2, 0.25) is 0 Å². The SMILES string of the molecule is CCC(C)N(CCc1ccccc1)C(=O)N(C(C)=O)C(C)(C)C(=O)O. The molecule has 138 valence electrons. The van der Waals surface area contributed by atoms with Gasteiger partial charge in [-0.05, 0) is 39.2 Å². The van der Waals surface area contributed by atoms with Crippen LogP contribution in [0.4, 0.5) is 4.79 Å². The Morgan fingerprint density at radius 3 is 2.16 bits per heavy atom. The fourth-order valence-electron chi connectivity index (χ4n) is 2.61. The van der Waals surface area contributed by atoms with E-state index in [1.54, 1.807) is 4.90 Å². The topological polar surface area (TPSA) is 77.9 Å². The maximum absolute atomic E-state index is 13.0. The van der Waals surface area contributed by atoms with Crippen molar-refractivity contribution < 1.29 is 19.5 Å². The number of benzene rings is 1. The van der Waals surface area contributed by atoms with Gasteiger partial charge < -0.3 is 10.0 Å². The third-order valence-corrected chi connectivity index (χ3v) is 4.44. The Balaban J connectivity index is 3.08. The molecule has 25 heavy (non-hydrogen) atoms. The van der Waals surface area contributed by atoms with Gasteiger partial charge in [0.1, 0.15) is 5.54 Å². The number of carboxylic acid groups (broad SMARTS) is 1. The number of aliphatic carboxylic acids is 1. The third-order valence-electron chi connectivity index (χ3n) is 4.44. The Bertz CT molecular complexity index is 613. The van der Waals surface area contributed by atoms with Gasteiger partial charge >= 0.3 is 12.0 Å². The van der Waals surface area contributed by atoms with Crippen LogP contribution in [0.5, 0.6) is 0 Å². The summed E-state index contributed by atoms with van der Waals surface area (Å²) >= 11 is 0. The van der Waals surface area contributed by atoms with Crippen molar-refractivity contribution >= 4 is 17.9 Å². The number of rotatable bonds is 7. The first-order valence-electron chi connectivity index (χ1n) is 8.51. The predicted octanol–water partition coefficient (Wildman–Crippen LogP) is 3.16. The summed E-state index contributed by atoms with van der Waals surface area (Å²) in [6.07, 6.45) is 1.34. The molecule has 0 saturated carbocycles. The van der Waals surface area contributed by atoms with Gasteiger partial charge in [-0.3, -0.25) is 4.79 Å². The largest absolute Gasteiger partial charge is 0.480 e. The zero-order valence-electron chi connectivity index (χ0n) is 15.7. The van der Waals surface area contributed by atoms with E-state index >= 15 is 0 Å². The molecule has 6 nitrogen and oxygen atoms in total. The van der Waals surface area contributed by atoms with Crippen LogP contribution in [0, 0.1) is 0 Å². The number of hydrogen-bond donors (Lipinski definition) is 1. The molecule has 1 aromatic carbocycles. The fourth-order valence-corrected chi connectivity index (χ4v) is 2.61. The lowest BCUT2D eigenvalue weighted by molar-refractivity contribution is -0.153. The molecule has 0 aliphatic heterocycles. The van der Waals surface area contributed by atoms with Gasteiger partial charge in [0.2, 0.25) is 5.91 Å². The van der Waals surface area contributed by atoms with Crippen molar-refractivity contribution in [1.29, 1.82) is 0 Å². The van der Waals surface area contributed by atoms with Crippen molar-refractivity contribution in [3.05, 3.63) is 35.9 Å². The molecule has 6 heteroatoms. The summed E-state index contributed by atoms with van der Waals surface area (Å²) in [7, 11) is 0. The number of urea groups is 1. The minimum Gasteiger partial charge on any atom is -0.480 e. The van der Waals surface area contributed by atoms with Crippen molar-refractivity contribution in [3.63, 3.8) is 0 Å². The first-order chi connectivity index (χ1) is 11.6. The van der Waals surface area contributed by atoms with Crippen LogP contribution >= 0.6 is 0 Å². The van der Waals surface area contributed by atoms with Crippen molar-refractivity contribution in [2.75, 3.05) is 6.54 Å². The highest BCUT2D eigenvalue weighted by Crippen LogP contribution is 2.20. The molecule has 0 aromatic heterocycles. The summed E-state index contributed by atoms with van der Waals surface area (Å²) in [6.45, 7) is 8.20. The standard InChI is InChI=1S/C19H28N2O4/c1-6-14(2)20(13-12-16-10-8-7-9-11-16)18(25)21(15(3)22)19(4,5)17(23)24/h7-11,14H,6,12-13H2,1-5H3,(H,23,24). The molecule has 0 aliphatic carbocycles. The summed E-state index contributed by atoms with van der Waals surface area (Å²) in [5.41, 5.74) is -0.531. The zero-order valence-corrected chi connectivity index (χ0v) is 15.7. The molecule has 3 amide bonds. The smallest absolute Gasteiger partial charge is 0.329 e. The van der Waals surface area contributed by atoms with Crippen LogP contribution in [0.1, 0.15) is 46.6 Å². The van der Waals surface area contributed by atoms with E-state index in [0.717, 1.165) is 10.5 Å². The van der Waals surface area contributed by atoms with Crippen LogP contribution in [0.15, 0.2) is 30.3 Å². The maximum atomic E-state index is 13.0. The molecule has 1 aromatic rings. The fraction of sp³-hybridized carbons (Fsp3) is 0.526. The van der Waals surface area contributed by atoms with Crippen molar-refractivity contribution in [2.45, 2.75) is 59.0 Å². The number of amides is 3. The van der Waals surface area contributed by atoms with Gasteiger partial charge in [0.25, 0.3) is 0 Å². The predicted molar refractivity (Wildman–Crippen MR) is 96.2 cm³/mol. The summed E-state index contributed by atoms with van der Waals surface area (Å²) < 4.78 is 0. The quantitative estimate of drug-likeness (QED) is 0.821. The van der Waals surface area contributed by atoms with Gasteiger partial charge in [-0.25, -0.2) is 14.5 Å². The van der Waals surface area contributed by atoms with E-state index in [-0.39, 0.29) is 6.04 Å². The van der Waals surface area contributed by atoms with Gasteiger partial charge in [-0.1, -0.05) is 37.3 Å².